The molecule has 0 aliphatic carbocycles. The van der Waals surface area contributed by atoms with Crippen LogP contribution in [0.5, 0.6) is 5.75 Å². The Morgan fingerprint density at radius 3 is 2.00 bits per heavy atom. The Bertz CT molecular complexity index is 691. The van der Waals surface area contributed by atoms with Crippen LogP contribution in [-0.2, 0) is 12.6 Å². The van der Waals surface area contributed by atoms with Gasteiger partial charge in [0.05, 0.1) is 5.56 Å². The number of ether oxygens (including phenoxy) is 1. The van der Waals surface area contributed by atoms with Crippen LogP contribution in [0.15, 0.2) is 42.5 Å². The molecule has 2 nitrogen and oxygen atoms in total. The molecule has 24 heavy (non-hydrogen) atoms. The Hall–Kier alpha value is -2.22. The van der Waals surface area contributed by atoms with E-state index in [0.717, 1.165) is 30.3 Å². The van der Waals surface area contributed by atoms with E-state index < -0.39 is 23.9 Å². The van der Waals surface area contributed by atoms with E-state index in [4.69, 9.17) is 5.73 Å². The van der Waals surface area contributed by atoms with Crippen LogP contribution in [0.1, 0.15) is 11.1 Å². The molecule has 0 atom stereocenters. The first-order chi connectivity index (χ1) is 11.1. The van der Waals surface area contributed by atoms with Crippen LogP contribution in [-0.4, -0.2) is 12.9 Å². The van der Waals surface area contributed by atoms with Crippen molar-refractivity contribution in [3.05, 3.63) is 53.6 Å². The van der Waals surface area contributed by atoms with Gasteiger partial charge in [0.25, 0.3) is 0 Å². The largest absolute Gasteiger partial charge is 0.573 e. The van der Waals surface area contributed by atoms with Crippen molar-refractivity contribution in [2.24, 2.45) is 5.73 Å². The highest BCUT2D eigenvalue weighted by atomic mass is 19.4. The van der Waals surface area contributed by atoms with Crippen molar-refractivity contribution in [3.8, 4) is 16.9 Å². The fourth-order valence-electron chi connectivity index (χ4n) is 2.24. The molecule has 0 fully saturated rings. The molecule has 0 bridgehead atoms. The van der Waals surface area contributed by atoms with Crippen LogP contribution in [0.3, 0.4) is 0 Å². The van der Waals surface area contributed by atoms with Crippen molar-refractivity contribution in [2.45, 2.75) is 19.0 Å². The fourth-order valence-corrected chi connectivity index (χ4v) is 2.24. The van der Waals surface area contributed by atoms with Crippen LogP contribution < -0.4 is 10.5 Å². The lowest BCUT2D eigenvalue weighted by Crippen LogP contribution is -2.17. The van der Waals surface area contributed by atoms with Crippen molar-refractivity contribution in [1.82, 2.24) is 0 Å². The van der Waals surface area contributed by atoms with Gasteiger partial charge in [-0.15, -0.1) is 13.2 Å². The van der Waals surface area contributed by atoms with Gasteiger partial charge < -0.3 is 10.5 Å². The van der Waals surface area contributed by atoms with E-state index in [-0.39, 0.29) is 17.7 Å². The minimum absolute atomic E-state index is 0.119. The van der Waals surface area contributed by atoms with Gasteiger partial charge in [-0.1, -0.05) is 24.3 Å². The average Bonchev–Trinajstić information content (AvgIpc) is 2.45. The summed E-state index contributed by atoms with van der Waals surface area (Å²) in [7, 11) is 0. The van der Waals surface area contributed by atoms with E-state index in [1.807, 2.05) is 0 Å². The molecule has 0 saturated carbocycles. The molecular weight excluding hydrogens is 336 g/mol. The predicted octanol–water partition coefficient (Wildman–Crippen LogP) is 4.77. The minimum Gasteiger partial charge on any atom is -0.406 e. The molecule has 0 amide bonds. The zero-order chi connectivity index (χ0) is 18.0. The Morgan fingerprint density at radius 2 is 1.50 bits per heavy atom. The molecule has 2 rings (SSSR count). The predicted molar refractivity (Wildman–Crippen MR) is 76.3 cm³/mol. The molecule has 2 aromatic rings. The van der Waals surface area contributed by atoms with Crippen molar-refractivity contribution >= 4 is 0 Å². The van der Waals surface area contributed by atoms with E-state index in [9.17, 15) is 26.3 Å². The van der Waals surface area contributed by atoms with Gasteiger partial charge in [-0.3, -0.25) is 0 Å². The third-order valence-electron chi connectivity index (χ3n) is 3.22. The second-order valence-electron chi connectivity index (χ2n) is 4.99. The molecule has 8 heteroatoms. The summed E-state index contributed by atoms with van der Waals surface area (Å²) < 4.78 is 79.6. The minimum atomic E-state index is -4.86. The number of benzene rings is 2. The summed E-state index contributed by atoms with van der Waals surface area (Å²) in [6.07, 6.45) is -9.06. The van der Waals surface area contributed by atoms with Crippen LogP contribution in [0.25, 0.3) is 11.1 Å². The number of alkyl halides is 6. The van der Waals surface area contributed by atoms with Gasteiger partial charge in [0.15, 0.2) is 0 Å². The number of halogens is 6. The summed E-state index contributed by atoms with van der Waals surface area (Å²) in [4.78, 5) is 0. The zero-order valence-electron chi connectivity index (χ0n) is 12.2. The number of rotatable bonds is 4. The maximum atomic E-state index is 13.2. The highest BCUT2D eigenvalue weighted by molar-refractivity contribution is 5.69. The molecule has 0 aromatic heterocycles. The lowest BCUT2D eigenvalue weighted by molar-refractivity contribution is -0.274. The van der Waals surface area contributed by atoms with Crippen LogP contribution in [0, 0.1) is 0 Å². The summed E-state index contributed by atoms with van der Waals surface area (Å²) in [5, 5.41) is 0. The molecule has 0 aliphatic rings. The number of hydrogen-bond acceptors (Lipinski definition) is 2. The SMILES string of the molecule is NCCc1ccc(C(F)(F)F)c(-c2ccc(OC(F)(F)F)cc2)c1. The number of hydrogen-bond donors (Lipinski definition) is 1. The molecule has 0 saturated heterocycles. The molecule has 2 aromatic carbocycles. The average molecular weight is 349 g/mol. The van der Waals surface area contributed by atoms with Crippen molar-refractivity contribution in [2.75, 3.05) is 6.54 Å². The van der Waals surface area contributed by atoms with Gasteiger partial charge in [0.1, 0.15) is 5.75 Å². The Labute approximate surface area is 133 Å². The lowest BCUT2D eigenvalue weighted by Gasteiger charge is -2.15. The molecule has 2 N–H and O–H groups in total. The van der Waals surface area contributed by atoms with Gasteiger partial charge in [-0.2, -0.15) is 13.2 Å². The maximum absolute atomic E-state index is 13.2. The second kappa shape index (κ2) is 6.72. The van der Waals surface area contributed by atoms with Crippen molar-refractivity contribution in [1.29, 1.82) is 0 Å². The van der Waals surface area contributed by atoms with E-state index in [1.165, 1.54) is 12.1 Å². The van der Waals surface area contributed by atoms with E-state index in [0.29, 0.717) is 12.0 Å². The topological polar surface area (TPSA) is 35.2 Å². The lowest BCUT2D eigenvalue weighted by atomic mass is 9.96. The van der Waals surface area contributed by atoms with Gasteiger partial charge in [-0.25, -0.2) is 0 Å². The summed E-state index contributed by atoms with van der Waals surface area (Å²) in [6.45, 7) is 0.267. The third kappa shape index (κ3) is 4.64. The number of nitrogens with two attached hydrogens (primary N) is 1. The Balaban J connectivity index is 2.43. The first-order valence-corrected chi connectivity index (χ1v) is 6.86. The second-order valence-corrected chi connectivity index (χ2v) is 4.99. The van der Waals surface area contributed by atoms with E-state index in [2.05, 4.69) is 4.74 Å². The van der Waals surface area contributed by atoms with E-state index in [1.54, 1.807) is 0 Å². The first kappa shape index (κ1) is 18.1. The maximum Gasteiger partial charge on any atom is 0.573 e. The van der Waals surface area contributed by atoms with Crippen molar-refractivity contribution in [3.63, 3.8) is 0 Å². The highest BCUT2D eigenvalue weighted by Gasteiger charge is 2.34. The molecule has 0 spiro atoms. The Kier molecular flexibility index (Phi) is 5.08. The normalized spacial score (nSPS) is 12.3. The molecule has 0 heterocycles. The fraction of sp³-hybridized carbons (Fsp3) is 0.250. The molecule has 0 unspecified atom stereocenters. The van der Waals surface area contributed by atoms with E-state index >= 15 is 0 Å². The zero-order valence-corrected chi connectivity index (χ0v) is 12.2. The third-order valence-corrected chi connectivity index (χ3v) is 3.22. The van der Waals surface area contributed by atoms with Crippen LogP contribution in [0.2, 0.25) is 0 Å². The monoisotopic (exact) mass is 349 g/mol. The molecule has 0 radical (unpaired) electrons. The van der Waals surface area contributed by atoms with Crippen LogP contribution in [0.4, 0.5) is 26.3 Å². The molecular formula is C16H13F6NO. The van der Waals surface area contributed by atoms with Crippen LogP contribution >= 0.6 is 0 Å². The van der Waals surface area contributed by atoms with Gasteiger partial charge >= 0.3 is 12.5 Å². The first-order valence-electron chi connectivity index (χ1n) is 6.86. The van der Waals surface area contributed by atoms with Crippen molar-refractivity contribution < 1.29 is 31.1 Å². The standard InChI is InChI=1S/C16H13F6NO/c17-15(18,19)14-6-1-10(7-8-23)9-13(14)11-2-4-12(5-3-11)24-16(20,21)22/h1-6,9H,7-8,23H2. The highest BCUT2D eigenvalue weighted by Crippen LogP contribution is 2.38. The van der Waals surface area contributed by atoms with Gasteiger partial charge in [0, 0.05) is 0 Å². The summed E-state index contributed by atoms with van der Waals surface area (Å²) in [5.74, 6) is -0.502. The molecule has 0 aliphatic heterocycles. The molecule has 130 valence electrons. The Morgan fingerprint density at radius 1 is 0.875 bits per heavy atom. The summed E-state index contributed by atoms with van der Waals surface area (Å²) in [5.41, 5.74) is 5.16. The van der Waals surface area contributed by atoms with Gasteiger partial charge in [0.2, 0.25) is 0 Å². The van der Waals surface area contributed by atoms with Gasteiger partial charge in [-0.05, 0) is 47.9 Å². The summed E-state index contributed by atoms with van der Waals surface area (Å²) >= 11 is 0. The quantitative estimate of drug-likeness (QED) is 0.807. The summed E-state index contributed by atoms with van der Waals surface area (Å²) in [6, 6.07) is 7.86. The smallest absolute Gasteiger partial charge is 0.406 e.